The first kappa shape index (κ1) is 9.12. The van der Waals surface area contributed by atoms with Crippen LogP contribution < -0.4 is 5.73 Å². The minimum absolute atomic E-state index is 0.0696. The molecule has 1 aliphatic rings. The van der Waals surface area contributed by atoms with E-state index >= 15 is 0 Å². The number of hydrogen-bond acceptors (Lipinski definition) is 3. The first-order chi connectivity index (χ1) is 5.20. The molecule has 0 amide bonds. The van der Waals surface area contributed by atoms with Crippen LogP contribution in [0.25, 0.3) is 0 Å². The molecule has 5 heteroatoms. The van der Waals surface area contributed by atoms with Crippen LogP contribution in [0, 0.1) is 0 Å². The Morgan fingerprint density at radius 1 is 1.45 bits per heavy atom. The van der Waals surface area contributed by atoms with Crippen molar-refractivity contribution in [2.24, 2.45) is 5.73 Å². The third kappa shape index (κ3) is 2.86. The SMILES string of the molecule is NC1CCCCC1OS(=O)O. The van der Waals surface area contributed by atoms with E-state index in [4.69, 9.17) is 14.5 Å². The van der Waals surface area contributed by atoms with Crippen LogP contribution in [0.15, 0.2) is 0 Å². The maximum atomic E-state index is 10.2. The lowest BCUT2D eigenvalue weighted by Crippen LogP contribution is -2.39. The van der Waals surface area contributed by atoms with E-state index in [1.165, 1.54) is 0 Å². The summed E-state index contributed by atoms with van der Waals surface area (Å²) < 4.78 is 23.4. The molecule has 0 aromatic heterocycles. The van der Waals surface area contributed by atoms with Gasteiger partial charge in [0.05, 0.1) is 6.10 Å². The summed E-state index contributed by atoms with van der Waals surface area (Å²) in [5.41, 5.74) is 5.66. The van der Waals surface area contributed by atoms with E-state index in [1.54, 1.807) is 0 Å². The molecule has 4 nitrogen and oxygen atoms in total. The van der Waals surface area contributed by atoms with E-state index in [2.05, 4.69) is 0 Å². The van der Waals surface area contributed by atoms with Gasteiger partial charge < -0.3 is 5.73 Å². The van der Waals surface area contributed by atoms with Crippen molar-refractivity contribution >= 4 is 11.4 Å². The average molecular weight is 179 g/mol. The molecule has 0 aliphatic heterocycles. The van der Waals surface area contributed by atoms with E-state index < -0.39 is 11.4 Å². The van der Waals surface area contributed by atoms with Crippen molar-refractivity contribution in [3.8, 4) is 0 Å². The summed E-state index contributed by atoms with van der Waals surface area (Å²) in [6, 6.07) is -0.0696. The Morgan fingerprint density at radius 3 is 2.64 bits per heavy atom. The highest BCUT2D eigenvalue weighted by Gasteiger charge is 2.23. The van der Waals surface area contributed by atoms with Crippen LogP contribution in [0.2, 0.25) is 0 Å². The van der Waals surface area contributed by atoms with Gasteiger partial charge in [-0.15, -0.1) is 0 Å². The molecule has 66 valence electrons. The van der Waals surface area contributed by atoms with Gasteiger partial charge in [-0.2, -0.15) is 4.21 Å². The van der Waals surface area contributed by atoms with Crippen molar-refractivity contribution in [2.75, 3.05) is 0 Å². The van der Waals surface area contributed by atoms with E-state index in [1.807, 2.05) is 0 Å². The molecule has 0 heterocycles. The Bertz CT molecular complexity index is 153. The highest BCUT2D eigenvalue weighted by atomic mass is 32.2. The van der Waals surface area contributed by atoms with Crippen molar-refractivity contribution in [3.05, 3.63) is 0 Å². The summed E-state index contributed by atoms with van der Waals surface area (Å²) in [4.78, 5) is 0. The van der Waals surface area contributed by atoms with E-state index in [9.17, 15) is 4.21 Å². The Balaban J connectivity index is 2.35. The largest absolute Gasteiger partial charge is 0.325 e. The maximum Gasteiger partial charge on any atom is 0.302 e. The van der Waals surface area contributed by atoms with E-state index in [0.29, 0.717) is 0 Å². The summed E-state index contributed by atoms with van der Waals surface area (Å²) in [6.07, 6.45) is 3.60. The fourth-order valence-corrected chi connectivity index (χ4v) is 1.80. The quantitative estimate of drug-likeness (QED) is 0.602. The minimum Gasteiger partial charge on any atom is -0.325 e. The third-order valence-electron chi connectivity index (χ3n) is 1.96. The summed E-state index contributed by atoms with van der Waals surface area (Å²) in [7, 11) is 0. The van der Waals surface area contributed by atoms with Gasteiger partial charge in [-0.1, -0.05) is 12.8 Å². The zero-order chi connectivity index (χ0) is 8.27. The van der Waals surface area contributed by atoms with Gasteiger partial charge in [-0.05, 0) is 12.8 Å². The molecule has 3 N–H and O–H groups in total. The lowest BCUT2D eigenvalue weighted by Gasteiger charge is -2.26. The molecule has 11 heavy (non-hydrogen) atoms. The Labute approximate surface area is 68.6 Å². The van der Waals surface area contributed by atoms with Crippen molar-refractivity contribution < 1.29 is 12.9 Å². The monoisotopic (exact) mass is 179 g/mol. The predicted molar refractivity (Wildman–Crippen MR) is 42.1 cm³/mol. The molecule has 0 saturated heterocycles. The fourth-order valence-electron chi connectivity index (χ4n) is 1.35. The molecule has 1 aliphatic carbocycles. The van der Waals surface area contributed by atoms with Gasteiger partial charge in [-0.3, -0.25) is 8.74 Å². The van der Waals surface area contributed by atoms with Crippen LogP contribution in [0.5, 0.6) is 0 Å². The van der Waals surface area contributed by atoms with Crippen molar-refractivity contribution in [2.45, 2.75) is 37.8 Å². The lowest BCUT2D eigenvalue weighted by molar-refractivity contribution is 0.136. The summed E-state index contributed by atoms with van der Waals surface area (Å²) in [5.74, 6) is 0. The zero-order valence-corrected chi connectivity index (χ0v) is 7.05. The topological polar surface area (TPSA) is 72.5 Å². The lowest BCUT2D eigenvalue weighted by atomic mass is 9.94. The summed E-state index contributed by atoms with van der Waals surface area (Å²) in [6.45, 7) is 0. The van der Waals surface area contributed by atoms with Gasteiger partial charge in [0.2, 0.25) is 0 Å². The van der Waals surface area contributed by atoms with Gasteiger partial charge in [0, 0.05) is 6.04 Å². The number of hydrogen-bond donors (Lipinski definition) is 2. The van der Waals surface area contributed by atoms with Crippen LogP contribution in [0.4, 0.5) is 0 Å². The fraction of sp³-hybridized carbons (Fsp3) is 1.00. The van der Waals surface area contributed by atoms with Gasteiger partial charge in [-0.25, -0.2) is 0 Å². The summed E-state index contributed by atoms with van der Waals surface area (Å²) >= 11 is -2.16. The van der Waals surface area contributed by atoms with Gasteiger partial charge >= 0.3 is 11.4 Å². The standard InChI is InChI=1S/C6H13NO3S/c7-5-3-1-2-4-6(5)10-11(8)9/h5-6H,1-4,7H2,(H,8,9). The van der Waals surface area contributed by atoms with E-state index in [0.717, 1.165) is 25.7 Å². The van der Waals surface area contributed by atoms with Gasteiger partial charge in [0.1, 0.15) is 0 Å². The van der Waals surface area contributed by atoms with E-state index in [-0.39, 0.29) is 12.1 Å². The predicted octanol–water partition coefficient (Wildman–Crippen LogP) is 0.410. The second-order valence-electron chi connectivity index (χ2n) is 2.80. The molecule has 1 rings (SSSR count). The molecule has 0 spiro atoms. The zero-order valence-electron chi connectivity index (χ0n) is 6.23. The first-order valence-corrected chi connectivity index (χ1v) is 4.77. The molecule has 0 radical (unpaired) electrons. The second-order valence-corrected chi connectivity index (χ2v) is 3.43. The minimum atomic E-state index is -2.16. The smallest absolute Gasteiger partial charge is 0.302 e. The molecule has 3 atom stereocenters. The van der Waals surface area contributed by atoms with Crippen LogP contribution in [0.3, 0.4) is 0 Å². The molecular formula is C6H13NO3S. The van der Waals surface area contributed by atoms with Crippen LogP contribution >= 0.6 is 0 Å². The molecule has 0 aromatic carbocycles. The summed E-state index contributed by atoms with van der Waals surface area (Å²) in [5, 5.41) is 0. The normalized spacial score (nSPS) is 35.1. The van der Waals surface area contributed by atoms with Crippen molar-refractivity contribution in [3.63, 3.8) is 0 Å². The van der Waals surface area contributed by atoms with Crippen molar-refractivity contribution in [1.29, 1.82) is 0 Å². The molecule has 1 fully saturated rings. The molecule has 3 unspecified atom stereocenters. The second kappa shape index (κ2) is 4.15. The molecule has 0 bridgehead atoms. The van der Waals surface area contributed by atoms with Crippen molar-refractivity contribution in [1.82, 2.24) is 0 Å². The highest BCUT2D eigenvalue weighted by molar-refractivity contribution is 7.74. The molecular weight excluding hydrogens is 166 g/mol. The van der Waals surface area contributed by atoms with Gasteiger partial charge in [0.25, 0.3) is 0 Å². The Morgan fingerprint density at radius 2 is 2.09 bits per heavy atom. The number of nitrogens with two attached hydrogens (primary N) is 1. The number of rotatable bonds is 2. The Kier molecular flexibility index (Phi) is 3.45. The Hall–Kier alpha value is 0.0300. The van der Waals surface area contributed by atoms with Crippen LogP contribution in [-0.4, -0.2) is 20.9 Å². The molecule has 1 saturated carbocycles. The first-order valence-electron chi connectivity index (χ1n) is 3.73. The highest BCUT2D eigenvalue weighted by Crippen LogP contribution is 2.19. The molecule has 0 aromatic rings. The third-order valence-corrected chi connectivity index (χ3v) is 2.37. The van der Waals surface area contributed by atoms with Crippen LogP contribution in [0.1, 0.15) is 25.7 Å². The van der Waals surface area contributed by atoms with Crippen LogP contribution in [-0.2, 0) is 15.5 Å². The van der Waals surface area contributed by atoms with Gasteiger partial charge in [0.15, 0.2) is 0 Å². The maximum absolute atomic E-state index is 10.2. The average Bonchev–Trinajstić information content (AvgIpc) is 1.93.